The Labute approximate surface area is 202 Å². The molecule has 0 aliphatic carbocycles. The Morgan fingerprint density at radius 2 is 1.97 bits per heavy atom. The number of unbranched alkanes of at least 4 members (excludes halogenated alkanes) is 1. The second kappa shape index (κ2) is 14.1. The molecule has 2 atom stereocenters. The minimum Gasteiger partial charge on any atom is -0.464 e. The standard InChI is InChI=1S/C23H27FN2O3S2.CH4O/c1-25-19(11-6-7-12-24)17-26(18-9-4-3-5-10-18)20-15-22(30-2)21(29-14-8-13-27)16-23(20)31(25)28;1-2/h3-5,8-10,13-16,19H,6-7,11-12,17H2,1-2H3;2H,1H3/b14-8+;. The molecule has 0 aromatic heterocycles. The Kier molecular flexibility index (Phi) is 11.6. The zero-order valence-corrected chi connectivity index (χ0v) is 20.8. The molecule has 1 aliphatic rings. The van der Waals surface area contributed by atoms with Crippen molar-refractivity contribution < 1.29 is 23.2 Å². The van der Waals surface area contributed by atoms with Gasteiger partial charge < -0.3 is 14.7 Å². The van der Waals surface area contributed by atoms with Crippen molar-refractivity contribution in [1.82, 2.24) is 4.31 Å². The molecule has 0 fully saturated rings. The molecule has 0 radical (unpaired) electrons. The van der Waals surface area contributed by atoms with Crippen molar-refractivity contribution in [3.05, 3.63) is 54.8 Å². The lowest BCUT2D eigenvalue weighted by Crippen LogP contribution is -2.38. The summed E-state index contributed by atoms with van der Waals surface area (Å²) in [7, 11) is 1.43. The number of ether oxygens (including phenoxy) is 1. The second-order valence-corrected chi connectivity index (χ2v) is 9.50. The first-order chi connectivity index (χ1) is 16.1. The Morgan fingerprint density at radius 1 is 1.24 bits per heavy atom. The van der Waals surface area contributed by atoms with Crippen LogP contribution in [0.25, 0.3) is 0 Å². The van der Waals surface area contributed by atoms with Gasteiger partial charge in [0.05, 0.1) is 28.4 Å². The summed E-state index contributed by atoms with van der Waals surface area (Å²) in [5.41, 5.74) is 1.87. The van der Waals surface area contributed by atoms with E-state index in [4.69, 9.17) is 9.84 Å². The number of para-hydroxylation sites is 1. The van der Waals surface area contributed by atoms with E-state index in [9.17, 15) is 13.4 Å². The van der Waals surface area contributed by atoms with Gasteiger partial charge in [0.25, 0.3) is 0 Å². The van der Waals surface area contributed by atoms with E-state index in [1.165, 1.54) is 24.1 Å². The predicted octanol–water partition coefficient (Wildman–Crippen LogP) is 4.72. The molecule has 6 nitrogen and oxygen atoms in total. The highest BCUT2D eigenvalue weighted by Crippen LogP contribution is 2.42. The largest absolute Gasteiger partial charge is 0.464 e. The number of anilines is 2. The zero-order valence-electron chi connectivity index (χ0n) is 19.1. The van der Waals surface area contributed by atoms with Crippen LogP contribution in [0.2, 0.25) is 0 Å². The molecule has 0 amide bonds. The number of rotatable bonds is 9. The third kappa shape index (κ3) is 6.89. The fourth-order valence-corrected chi connectivity index (χ4v) is 5.44. The van der Waals surface area contributed by atoms with Gasteiger partial charge in [0.1, 0.15) is 23.0 Å². The molecule has 2 aromatic rings. The number of likely N-dealkylation sites (N-methyl/N-ethyl adjacent to an activating group) is 1. The maximum atomic E-state index is 13.5. The summed E-state index contributed by atoms with van der Waals surface area (Å²) in [6.07, 6.45) is 7.19. The summed E-state index contributed by atoms with van der Waals surface area (Å²) in [6, 6.07) is 13.8. The lowest BCUT2D eigenvalue weighted by molar-refractivity contribution is -0.104. The highest BCUT2D eigenvalue weighted by Gasteiger charge is 2.32. The fourth-order valence-electron chi connectivity index (χ4n) is 3.59. The van der Waals surface area contributed by atoms with Gasteiger partial charge in [0.15, 0.2) is 0 Å². The monoisotopic (exact) mass is 494 g/mol. The number of aldehydes is 1. The number of nitrogens with zero attached hydrogens (tertiary/aromatic N) is 2. The number of thioether (sulfide) groups is 1. The predicted molar refractivity (Wildman–Crippen MR) is 133 cm³/mol. The molecule has 1 heterocycles. The molecule has 1 N–H and O–H groups in total. The Morgan fingerprint density at radius 3 is 2.61 bits per heavy atom. The third-order valence-corrected chi connectivity index (χ3v) is 7.52. The number of aliphatic hydroxyl groups excluding tert-OH is 1. The summed E-state index contributed by atoms with van der Waals surface area (Å²) < 4.78 is 33.7. The average Bonchev–Trinajstić information content (AvgIpc) is 2.96. The molecular weight excluding hydrogens is 463 g/mol. The van der Waals surface area contributed by atoms with Crippen LogP contribution in [0.4, 0.5) is 15.8 Å². The van der Waals surface area contributed by atoms with Crippen LogP contribution in [0.15, 0.2) is 64.6 Å². The summed E-state index contributed by atoms with van der Waals surface area (Å²) in [5.74, 6) is 0.551. The summed E-state index contributed by atoms with van der Waals surface area (Å²) in [4.78, 5) is 14.3. The molecule has 0 saturated heterocycles. The molecular formula is C24H31FN2O4S2. The Bertz CT molecular complexity index is 944. The van der Waals surface area contributed by atoms with Gasteiger partial charge in [-0.1, -0.05) is 18.2 Å². The van der Waals surface area contributed by atoms with E-state index in [1.54, 1.807) is 6.07 Å². The maximum absolute atomic E-state index is 13.5. The lowest BCUT2D eigenvalue weighted by Gasteiger charge is -2.29. The number of carbonyl (C=O) groups is 1. The van der Waals surface area contributed by atoms with E-state index in [-0.39, 0.29) is 12.7 Å². The van der Waals surface area contributed by atoms with E-state index in [1.807, 2.05) is 54.0 Å². The van der Waals surface area contributed by atoms with Gasteiger partial charge in [-0.15, -0.1) is 11.8 Å². The molecule has 3 rings (SSSR count). The van der Waals surface area contributed by atoms with Gasteiger partial charge in [-0.2, -0.15) is 0 Å². The van der Waals surface area contributed by atoms with Crippen molar-refractivity contribution in [2.75, 3.05) is 38.5 Å². The van der Waals surface area contributed by atoms with Crippen LogP contribution in [0.3, 0.4) is 0 Å². The molecule has 180 valence electrons. The van der Waals surface area contributed by atoms with Crippen molar-refractivity contribution in [2.24, 2.45) is 0 Å². The second-order valence-electron chi connectivity index (χ2n) is 7.13. The highest BCUT2D eigenvalue weighted by molar-refractivity contribution is 7.98. The highest BCUT2D eigenvalue weighted by atomic mass is 32.2. The number of aliphatic hydroxyl groups is 1. The van der Waals surface area contributed by atoms with Crippen LogP contribution < -0.4 is 9.64 Å². The van der Waals surface area contributed by atoms with Gasteiger partial charge in [-0.25, -0.2) is 8.51 Å². The van der Waals surface area contributed by atoms with Crippen molar-refractivity contribution >= 4 is 40.4 Å². The zero-order chi connectivity index (χ0) is 24.2. The van der Waals surface area contributed by atoms with Crippen LogP contribution in [0.5, 0.6) is 5.75 Å². The number of allylic oxidation sites excluding steroid dienone is 1. The molecule has 9 heteroatoms. The summed E-state index contributed by atoms with van der Waals surface area (Å²) in [6.45, 7) is 0.304. The van der Waals surface area contributed by atoms with E-state index >= 15 is 0 Å². The summed E-state index contributed by atoms with van der Waals surface area (Å²) >= 11 is 1.52. The lowest BCUT2D eigenvalue weighted by atomic mass is 10.1. The number of hydrogen-bond acceptors (Lipinski definition) is 6. The van der Waals surface area contributed by atoms with Gasteiger partial charge in [-0.05, 0) is 43.7 Å². The quantitative estimate of drug-likeness (QED) is 0.179. The van der Waals surface area contributed by atoms with Crippen molar-refractivity contribution in [2.45, 2.75) is 35.1 Å². The van der Waals surface area contributed by atoms with Gasteiger partial charge in [-0.3, -0.25) is 9.18 Å². The topological polar surface area (TPSA) is 70.1 Å². The average molecular weight is 495 g/mol. The first-order valence-corrected chi connectivity index (χ1v) is 12.9. The normalized spacial score (nSPS) is 18.3. The summed E-state index contributed by atoms with van der Waals surface area (Å²) in [5, 5.41) is 7.00. The van der Waals surface area contributed by atoms with Crippen LogP contribution in [-0.4, -0.2) is 59.6 Å². The van der Waals surface area contributed by atoms with Crippen molar-refractivity contribution in [1.29, 1.82) is 0 Å². The van der Waals surface area contributed by atoms with Crippen LogP contribution >= 0.6 is 11.8 Å². The molecule has 33 heavy (non-hydrogen) atoms. The van der Waals surface area contributed by atoms with Crippen LogP contribution in [-0.2, 0) is 15.8 Å². The molecule has 2 aromatic carbocycles. The van der Waals surface area contributed by atoms with Crippen LogP contribution in [0.1, 0.15) is 19.3 Å². The van der Waals surface area contributed by atoms with Gasteiger partial charge >= 0.3 is 0 Å². The molecule has 2 unspecified atom stereocenters. The fraction of sp³-hybridized carbons (Fsp3) is 0.375. The van der Waals surface area contributed by atoms with Crippen molar-refractivity contribution in [3.63, 3.8) is 0 Å². The molecule has 0 spiro atoms. The first kappa shape index (κ1) is 27.0. The SMILES string of the molecule is CO.CSc1cc2c(cc1O/C=C/C=O)S(=O)N(C)C(CCCCF)CN2c1ccccc1. The number of halogens is 1. The van der Waals surface area contributed by atoms with E-state index in [0.29, 0.717) is 29.9 Å². The van der Waals surface area contributed by atoms with E-state index in [2.05, 4.69) is 4.90 Å². The smallest absolute Gasteiger partial charge is 0.145 e. The Balaban J connectivity index is 0.00000187. The Hall–Kier alpha value is -2.20. The third-order valence-electron chi connectivity index (χ3n) is 5.23. The van der Waals surface area contributed by atoms with Crippen LogP contribution in [0, 0.1) is 0 Å². The number of hydrogen-bond donors (Lipinski definition) is 1. The minimum absolute atomic E-state index is 0.00273. The number of fused-ring (bicyclic) bond motifs is 1. The number of carbonyl (C=O) groups excluding carboxylic acids is 1. The van der Waals surface area contributed by atoms with Gasteiger partial charge in [0.2, 0.25) is 0 Å². The number of alkyl halides is 1. The van der Waals surface area contributed by atoms with Crippen molar-refractivity contribution in [3.8, 4) is 5.75 Å². The van der Waals surface area contributed by atoms with Gasteiger partial charge in [0, 0.05) is 44.6 Å². The van der Waals surface area contributed by atoms with E-state index < -0.39 is 11.0 Å². The molecule has 0 saturated carbocycles. The number of benzene rings is 2. The molecule has 0 bridgehead atoms. The minimum atomic E-state index is -1.42. The molecule has 1 aliphatic heterocycles. The maximum Gasteiger partial charge on any atom is 0.145 e. The first-order valence-electron chi connectivity index (χ1n) is 10.6. The van der Waals surface area contributed by atoms with E-state index in [0.717, 1.165) is 36.2 Å².